The van der Waals surface area contributed by atoms with Crippen LogP contribution >= 0.6 is 15.9 Å². The van der Waals surface area contributed by atoms with Gasteiger partial charge in [0.1, 0.15) is 22.4 Å². The summed E-state index contributed by atoms with van der Waals surface area (Å²) in [6.07, 6.45) is 4.80. The van der Waals surface area contributed by atoms with Crippen molar-refractivity contribution in [1.29, 1.82) is 0 Å². The number of aromatic nitrogens is 2. The third-order valence-corrected chi connectivity index (χ3v) is 3.49. The number of halogens is 1. The van der Waals surface area contributed by atoms with Gasteiger partial charge in [-0.15, -0.1) is 0 Å². The first kappa shape index (κ1) is 16.2. The Morgan fingerprint density at radius 2 is 2.05 bits per heavy atom. The van der Waals surface area contributed by atoms with E-state index in [0.29, 0.717) is 6.54 Å². The molecule has 2 N–H and O–H groups in total. The van der Waals surface area contributed by atoms with E-state index in [4.69, 9.17) is 0 Å². The summed E-state index contributed by atoms with van der Waals surface area (Å²) in [7, 11) is 0. The van der Waals surface area contributed by atoms with Crippen LogP contribution in [-0.4, -0.2) is 41.3 Å². The van der Waals surface area contributed by atoms with Crippen LogP contribution in [0.25, 0.3) is 0 Å². The maximum absolute atomic E-state index is 9.18. The van der Waals surface area contributed by atoms with Crippen LogP contribution in [0, 0.1) is 0 Å². The number of unbranched alkanes of at least 4 members (excludes halogenated alkanes) is 1. The number of aliphatic hydroxyl groups is 1. The monoisotopic (exact) mass is 330 g/mol. The van der Waals surface area contributed by atoms with E-state index >= 15 is 0 Å². The summed E-state index contributed by atoms with van der Waals surface area (Å²) in [5, 5.41) is 12.5. The molecule has 1 aromatic heterocycles. The van der Waals surface area contributed by atoms with E-state index in [0.717, 1.165) is 48.5 Å². The van der Waals surface area contributed by atoms with Gasteiger partial charge in [0.2, 0.25) is 0 Å². The summed E-state index contributed by atoms with van der Waals surface area (Å²) >= 11 is 3.56. The lowest BCUT2D eigenvalue weighted by Crippen LogP contribution is -2.29. The van der Waals surface area contributed by atoms with Gasteiger partial charge in [-0.3, -0.25) is 0 Å². The Balaban J connectivity index is 2.88. The quantitative estimate of drug-likeness (QED) is 0.728. The SMILES string of the molecule is CCCCN(CCO)c1ncnc(NCCC)c1Br. The molecule has 1 heterocycles. The van der Waals surface area contributed by atoms with Crippen molar-refractivity contribution in [1.82, 2.24) is 9.97 Å². The molecule has 0 amide bonds. The van der Waals surface area contributed by atoms with E-state index < -0.39 is 0 Å². The smallest absolute Gasteiger partial charge is 0.148 e. The first-order valence-corrected chi connectivity index (χ1v) is 7.64. The van der Waals surface area contributed by atoms with Crippen LogP contribution < -0.4 is 10.2 Å². The molecule has 108 valence electrons. The fourth-order valence-electron chi connectivity index (χ4n) is 1.74. The summed E-state index contributed by atoms with van der Waals surface area (Å²) in [4.78, 5) is 10.7. The lowest BCUT2D eigenvalue weighted by molar-refractivity contribution is 0.301. The highest BCUT2D eigenvalue weighted by Crippen LogP contribution is 2.29. The molecular weight excluding hydrogens is 308 g/mol. The van der Waals surface area contributed by atoms with Crippen LogP contribution in [0.4, 0.5) is 11.6 Å². The van der Waals surface area contributed by atoms with Crippen LogP contribution in [0.15, 0.2) is 10.8 Å². The van der Waals surface area contributed by atoms with Gasteiger partial charge in [0.05, 0.1) is 6.61 Å². The van der Waals surface area contributed by atoms with Crippen LogP contribution in [0.2, 0.25) is 0 Å². The molecular formula is C13H23BrN4O. The number of hydrogen-bond acceptors (Lipinski definition) is 5. The summed E-state index contributed by atoms with van der Waals surface area (Å²) in [6, 6.07) is 0. The van der Waals surface area contributed by atoms with Gasteiger partial charge in [-0.25, -0.2) is 9.97 Å². The van der Waals surface area contributed by atoms with Gasteiger partial charge in [-0.2, -0.15) is 0 Å². The average Bonchev–Trinajstić information content (AvgIpc) is 2.42. The molecule has 0 atom stereocenters. The summed E-state index contributed by atoms with van der Waals surface area (Å²) in [5.74, 6) is 1.65. The van der Waals surface area contributed by atoms with Gasteiger partial charge < -0.3 is 15.3 Å². The zero-order valence-electron chi connectivity index (χ0n) is 11.7. The maximum Gasteiger partial charge on any atom is 0.148 e. The predicted molar refractivity (Wildman–Crippen MR) is 82.7 cm³/mol. The highest BCUT2D eigenvalue weighted by molar-refractivity contribution is 9.10. The van der Waals surface area contributed by atoms with Gasteiger partial charge in [-0.05, 0) is 28.8 Å². The first-order chi connectivity index (χ1) is 9.24. The van der Waals surface area contributed by atoms with Gasteiger partial charge in [0.25, 0.3) is 0 Å². The molecule has 19 heavy (non-hydrogen) atoms. The molecule has 0 saturated heterocycles. The van der Waals surface area contributed by atoms with E-state index in [-0.39, 0.29) is 6.61 Å². The number of nitrogens with one attached hydrogen (secondary N) is 1. The van der Waals surface area contributed by atoms with Crippen LogP contribution in [0.5, 0.6) is 0 Å². The van der Waals surface area contributed by atoms with Gasteiger partial charge in [-0.1, -0.05) is 20.3 Å². The Labute approximate surface area is 123 Å². The first-order valence-electron chi connectivity index (χ1n) is 6.84. The van der Waals surface area contributed by atoms with Crippen molar-refractivity contribution in [3.8, 4) is 0 Å². The third kappa shape index (κ3) is 4.95. The van der Waals surface area contributed by atoms with Gasteiger partial charge in [0, 0.05) is 19.6 Å². The van der Waals surface area contributed by atoms with Crippen molar-refractivity contribution in [2.75, 3.05) is 36.5 Å². The fourth-order valence-corrected chi connectivity index (χ4v) is 2.34. The Morgan fingerprint density at radius 3 is 2.68 bits per heavy atom. The molecule has 0 radical (unpaired) electrons. The van der Waals surface area contributed by atoms with Crippen LogP contribution in [-0.2, 0) is 0 Å². The van der Waals surface area contributed by atoms with Crippen molar-refractivity contribution in [2.45, 2.75) is 33.1 Å². The number of hydrogen-bond donors (Lipinski definition) is 2. The summed E-state index contributed by atoms with van der Waals surface area (Å²) in [6.45, 7) is 6.74. The number of rotatable bonds is 9. The molecule has 0 aliphatic carbocycles. The van der Waals surface area contributed by atoms with Crippen molar-refractivity contribution < 1.29 is 5.11 Å². The van der Waals surface area contributed by atoms with Crippen molar-refractivity contribution in [3.05, 3.63) is 10.8 Å². The van der Waals surface area contributed by atoms with Gasteiger partial charge >= 0.3 is 0 Å². The molecule has 1 aromatic rings. The second-order valence-corrected chi connectivity index (χ2v) is 5.14. The van der Waals surface area contributed by atoms with Crippen molar-refractivity contribution in [2.24, 2.45) is 0 Å². The number of anilines is 2. The lowest BCUT2D eigenvalue weighted by Gasteiger charge is -2.24. The second-order valence-electron chi connectivity index (χ2n) is 4.35. The van der Waals surface area contributed by atoms with E-state index in [1.807, 2.05) is 0 Å². The highest BCUT2D eigenvalue weighted by atomic mass is 79.9. The molecule has 0 aliphatic rings. The largest absolute Gasteiger partial charge is 0.395 e. The summed E-state index contributed by atoms with van der Waals surface area (Å²) < 4.78 is 0.869. The van der Waals surface area contributed by atoms with E-state index in [1.165, 1.54) is 0 Å². The molecule has 0 unspecified atom stereocenters. The minimum Gasteiger partial charge on any atom is -0.395 e. The van der Waals surface area contributed by atoms with E-state index in [2.05, 4.69) is 50.0 Å². The zero-order valence-corrected chi connectivity index (χ0v) is 13.3. The molecule has 0 bridgehead atoms. The molecule has 0 fully saturated rings. The average molecular weight is 331 g/mol. The Bertz CT molecular complexity index is 376. The lowest BCUT2D eigenvalue weighted by atomic mass is 10.3. The fraction of sp³-hybridized carbons (Fsp3) is 0.692. The third-order valence-electron chi connectivity index (χ3n) is 2.76. The maximum atomic E-state index is 9.18. The Kier molecular flexibility index (Phi) is 7.74. The highest BCUT2D eigenvalue weighted by Gasteiger charge is 2.14. The van der Waals surface area contributed by atoms with Crippen molar-refractivity contribution >= 4 is 27.6 Å². The van der Waals surface area contributed by atoms with Crippen LogP contribution in [0.1, 0.15) is 33.1 Å². The zero-order chi connectivity index (χ0) is 14.1. The van der Waals surface area contributed by atoms with Crippen molar-refractivity contribution in [3.63, 3.8) is 0 Å². The van der Waals surface area contributed by atoms with E-state index in [9.17, 15) is 5.11 Å². The minimum absolute atomic E-state index is 0.123. The minimum atomic E-state index is 0.123. The number of nitrogens with zero attached hydrogens (tertiary/aromatic N) is 3. The van der Waals surface area contributed by atoms with Crippen LogP contribution in [0.3, 0.4) is 0 Å². The molecule has 0 spiro atoms. The molecule has 1 rings (SSSR count). The summed E-state index contributed by atoms with van der Waals surface area (Å²) in [5.41, 5.74) is 0. The van der Waals surface area contributed by atoms with Gasteiger partial charge in [0.15, 0.2) is 0 Å². The van der Waals surface area contributed by atoms with E-state index in [1.54, 1.807) is 6.33 Å². The Morgan fingerprint density at radius 1 is 1.26 bits per heavy atom. The Hall–Kier alpha value is -0.880. The molecule has 0 aliphatic heterocycles. The molecule has 0 saturated carbocycles. The topological polar surface area (TPSA) is 61.3 Å². The molecule has 5 nitrogen and oxygen atoms in total. The second kappa shape index (κ2) is 9.09. The standard InChI is InChI=1S/C13H23BrN4O/c1-3-5-7-18(8-9-19)13-11(14)12(15-6-4-2)16-10-17-13/h10,19H,3-9H2,1-2H3,(H,15,16,17). The molecule has 0 aromatic carbocycles. The predicted octanol–water partition coefficient (Wildman–Crippen LogP) is 2.66. The normalized spacial score (nSPS) is 10.5. The number of aliphatic hydroxyl groups excluding tert-OH is 1. The molecule has 6 heteroatoms.